The summed E-state index contributed by atoms with van der Waals surface area (Å²) in [7, 11) is 0. The average Bonchev–Trinajstić information content (AvgIpc) is 2.85. The van der Waals surface area contributed by atoms with Crippen LogP contribution in [0, 0.1) is 5.92 Å². The van der Waals surface area contributed by atoms with E-state index in [9.17, 15) is 8.78 Å². The predicted octanol–water partition coefficient (Wildman–Crippen LogP) is 3.04. The molecular weight excluding hydrogens is 272 g/mol. The summed E-state index contributed by atoms with van der Waals surface area (Å²) in [4.78, 5) is 4.23. The Morgan fingerprint density at radius 2 is 2.05 bits per heavy atom. The average molecular weight is 291 g/mol. The van der Waals surface area contributed by atoms with Crippen LogP contribution >= 0.6 is 0 Å². The van der Waals surface area contributed by atoms with E-state index in [2.05, 4.69) is 10.3 Å². The molecule has 1 saturated carbocycles. The van der Waals surface area contributed by atoms with Gasteiger partial charge in [-0.25, -0.2) is 13.8 Å². The molecule has 0 amide bonds. The van der Waals surface area contributed by atoms with E-state index < -0.39 is 17.8 Å². The van der Waals surface area contributed by atoms with Crippen molar-refractivity contribution in [1.82, 2.24) is 14.9 Å². The van der Waals surface area contributed by atoms with Gasteiger partial charge in [0.2, 0.25) is 0 Å². The lowest BCUT2D eigenvalue weighted by Crippen LogP contribution is -2.19. The molecule has 1 heterocycles. The lowest BCUT2D eigenvalue weighted by molar-refractivity contribution is 0.0930. The van der Waals surface area contributed by atoms with Gasteiger partial charge in [0.25, 0.3) is 5.92 Å². The molecule has 1 aromatic carbocycles. The van der Waals surface area contributed by atoms with Crippen LogP contribution in [0.25, 0.3) is 0 Å². The van der Waals surface area contributed by atoms with Crippen LogP contribution in [0.4, 0.5) is 8.78 Å². The number of nitrogens with one attached hydrogen (secondary N) is 1. The van der Waals surface area contributed by atoms with Crippen LogP contribution in [0.15, 0.2) is 42.9 Å². The number of nitrogens with zero attached hydrogens (tertiary/aromatic N) is 2. The second-order valence-electron chi connectivity index (χ2n) is 5.50. The quantitative estimate of drug-likeness (QED) is 0.886. The highest BCUT2D eigenvalue weighted by atomic mass is 19.3. The van der Waals surface area contributed by atoms with Gasteiger partial charge < -0.3 is 9.88 Å². The van der Waals surface area contributed by atoms with Gasteiger partial charge in [0.1, 0.15) is 0 Å². The van der Waals surface area contributed by atoms with Gasteiger partial charge in [0.15, 0.2) is 0 Å². The zero-order valence-electron chi connectivity index (χ0n) is 12.0. The minimum Gasteiger partial charge on any atom is -0.337 e. The lowest BCUT2D eigenvalue weighted by atomic mass is 10.1. The minimum atomic E-state index is -2.60. The van der Waals surface area contributed by atoms with Gasteiger partial charge in [0, 0.05) is 31.7 Å². The van der Waals surface area contributed by atoms with Crippen LogP contribution < -0.4 is 5.32 Å². The third-order valence-electron chi connectivity index (χ3n) is 4.08. The van der Waals surface area contributed by atoms with Crippen LogP contribution in [-0.4, -0.2) is 22.0 Å². The molecule has 0 unspecified atom stereocenters. The topological polar surface area (TPSA) is 29.9 Å². The maximum atomic E-state index is 13.9. The van der Waals surface area contributed by atoms with E-state index in [0.29, 0.717) is 13.1 Å². The number of aromatic nitrogens is 2. The van der Waals surface area contributed by atoms with E-state index in [1.54, 1.807) is 18.5 Å². The zero-order chi connectivity index (χ0) is 14.9. The first-order valence-electron chi connectivity index (χ1n) is 7.27. The summed E-state index contributed by atoms with van der Waals surface area (Å²) < 4.78 is 29.7. The number of hydrogen-bond donors (Lipinski definition) is 1. The molecule has 5 heteroatoms. The summed E-state index contributed by atoms with van der Waals surface area (Å²) in [6.07, 6.45) is 3.70. The first kappa shape index (κ1) is 14.2. The number of imidazole rings is 1. The SMILES string of the molecule is CCn1cnc(CNC[C@@H]2[C@@H](c3ccccc3)C2(F)F)c1. The number of aryl methyl sites for hydroxylation is 1. The Hall–Kier alpha value is -1.75. The fraction of sp³-hybridized carbons (Fsp3) is 0.438. The van der Waals surface area contributed by atoms with Crippen LogP contribution in [0.2, 0.25) is 0 Å². The van der Waals surface area contributed by atoms with E-state index >= 15 is 0 Å². The molecule has 1 aliphatic rings. The maximum Gasteiger partial charge on any atom is 0.260 e. The molecule has 0 aliphatic heterocycles. The molecule has 0 saturated heterocycles. The number of alkyl halides is 2. The summed E-state index contributed by atoms with van der Waals surface area (Å²) in [5, 5.41) is 3.10. The standard InChI is InChI=1S/C16H19F2N3/c1-2-21-10-13(20-11-21)8-19-9-14-15(16(14,17)18)12-6-4-3-5-7-12/h3-7,10-11,14-15,19H,2,8-9H2,1H3/t14-,15-/m1/s1. The van der Waals surface area contributed by atoms with Crippen molar-refractivity contribution in [1.29, 1.82) is 0 Å². The zero-order valence-corrected chi connectivity index (χ0v) is 12.0. The summed E-state index contributed by atoms with van der Waals surface area (Å²) in [6, 6.07) is 9.03. The van der Waals surface area contributed by atoms with Crippen molar-refractivity contribution in [3.05, 3.63) is 54.1 Å². The van der Waals surface area contributed by atoms with Crippen LogP contribution in [-0.2, 0) is 13.1 Å². The van der Waals surface area contributed by atoms with Gasteiger partial charge in [-0.3, -0.25) is 0 Å². The molecule has 1 N–H and O–H groups in total. The van der Waals surface area contributed by atoms with Crippen molar-refractivity contribution < 1.29 is 8.78 Å². The number of benzene rings is 1. The summed E-state index contributed by atoms with van der Waals surface area (Å²) in [5.41, 5.74) is 1.61. The van der Waals surface area contributed by atoms with Crippen molar-refractivity contribution in [3.63, 3.8) is 0 Å². The maximum absolute atomic E-state index is 13.9. The van der Waals surface area contributed by atoms with Crippen molar-refractivity contribution >= 4 is 0 Å². The third-order valence-corrected chi connectivity index (χ3v) is 4.08. The highest BCUT2D eigenvalue weighted by Crippen LogP contribution is 2.61. The fourth-order valence-corrected chi connectivity index (χ4v) is 2.79. The van der Waals surface area contributed by atoms with Crippen molar-refractivity contribution in [2.45, 2.75) is 31.9 Å². The number of rotatable bonds is 6. The molecule has 2 atom stereocenters. The highest BCUT2D eigenvalue weighted by molar-refractivity contribution is 5.32. The molecule has 2 aromatic rings. The van der Waals surface area contributed by atoms with Crippen LogP contribution in [0.5, 0.6) is 0 Å². The Kier molecular flexibility index (Phi) is 3.76. The summed E-state index contributed by atoms with van der Waals surface area (Å²) in [6.45, 7) is 3.74. The molecule has 0 radical (unpaired) electrons. The second-order valence-corrected chi connectivity index (χ2v) is 5.50. The van der Waals surface area contributed by atoms with Gasteiger partial charge in [-0.1, -0.05) is 30.3 Å². The first-order chi connectivity index (χ1) is 10.1. The molecule has 3 nitrogen and oxygen atoms in total. The smallest absolute Gasteiger partial charge is 0.260 e. The Labute approximate surface area is 123 Å². The first-order valence-corrected chi connectivity index (χ1v) is 7.27. The molecule has 1 fully saturated rings. The molecule has 1 aromatic heterocycles. The lowest BCUT2D eigenvalue weighted by Gasteiger charge is -2.01. The Balaban J connectivity index is 1.54. The molecule has 0 bridgehead atoms. The van der Waals surface area contributed by atoms with Crippen LogP contribution in [0.1, 0.15) is 24.1 Å². The fourth-order valence-electron chi connectivity index (χ4n) is 2.79. The van der Waals surface area contributed by atoms with Crippen molar-refractivity contribution in [2.75, 3.05) is 6.54 Å². The van der Waals surface area contributed by atoms with Crippen molar-refractivity contribution in [3.8, 4) is 0 Å². The van der Waals surface area contributed by atoms with E-state index in [-0.39, 0.29) is 0 Å². The molecular formula is C16H19F2N3. The van der Waals surface area contributed by atoms with Gasteiger partial charge in [0.05, 0.1) is 17.9 Å². The molecule has 21 heavy (non-hydrogen) atoms. The Bertz CT molecular complexity index is 595. The van der Waals surface area contributed by atoms with Gasteiger partial charge in [-0.15, -0.1) is 0 Å². The number of halogens is 2. The van der Waals surface area contributed by atoms with E-state index in [1.807, 2.05) is 35.9 Å². The molecule has 3 rings (SSSR count). The Morgan fingerprint density at radius 3 is 2.71 bits per heavy atom. The second kappa shape index (κ2) is 5.56. The van der Waals surface area contributed by atoms with Crippen molar-refractivity contribution in [2.24, 2.45) is 5.92 Å². The molecule has 112 valence electrons. The summed E-state index contributed by atoms with van der Waals surface area (Å²) >= 11 is 0. The normalized spacial score (nSPS) is 23.2. The van der Waals surface area contributed by atoms with E-state index in [1.165, 1.54) is 0 Å². The summed E-state index contributed by atoms with van der Waals surface area (Å²) in [5.74, 6) is -3.87. The molecule has 1 aliphatic carbocycles. The van der Waals surface area contributed by atoms with Gasteiger partial charge in [-0.05, 0) is 12.5 Å². The largest absolute Gasteiger partial charge is 0.337 e. The van der Waals surface area contributed by atoms with Gasteiger partial charge >= 0.3 is 0 Å². The monoisotopic (exact) mass is 291 g/mol. The Morgan fingerprint density at radius 1 is 1.29 bits per heavy atom. The van der Waals surface area contributed by atoms with Gasteiger partial charge in [-0.2, -0.15) is 0 Å². The number of hydrogen-bond acceptors (Lipinski definition) is 2. The van der Waals surface area contributed by atoms with Crippen LogP contribution in [0.3, 0.4) is 0 Å². The van der Waals surface area contributed by atoms with E-state index in [4.69, 9.17) is 0 Å². The molecule has 0 spiro atoms. The predicted molar refractivity (Wildman–Crippen MR) is 77.2 cm³/mol. The third kappa shape index (κ3) is 2.83. The van der Waals surface area contributed by atoms with E-state index in [0.717, 1.165) is 17.8 Å². The minimum absolute atomic E-state index is 0.311. The highest BCUT2D eigenvalue weighted by Gasteiger charge is 2.67.